The Morgan fingerprint density at radius 3 is 2.55 bits per heavy atom. The number of carbonyl (C=O) groups excluding carboxylic acids is 2. The molecule has 1 aliphatic rings. The lowest BCUT2D eigenvalue weighted by Gasteiger charge is -2.16. The van der Waals surface area contributed by atoms with Gasteiger partial charge >= 0.3 is 0 Å². The maximum atomic E-state index is 12.0. The Kier molecular flexibility index (Phi) is 5.55. The Bertz CT molecular complexity index is 538. The number of carbonyl (C=O) groups is 2. The van der Waals surface area contributed by atoms with E-state index in [4.69, 9.17) is 0 Å². The fraction of sp³-hybridized carbons (Fsp3) is 0.529. The van der Waals surface area contributed by atoms with Gasteiger partial charge in [-0.15, -0.1) is 0 Å². The molecule has 2 rings (SSSR count). The zero-order valence-corrected chi connectivity index (χ0v) is 13.6. The van der Waals surface area contributed by atoms with Crippen LogP contribution in [0.25, 0.3) is 0 Å². The van der Waals surface area contributed by atoms with Gasteiger partial charge in [-0.25, -0.2) is 0 Å². The highest BCUT2D eigenvalue weighted by molar-refractivity contribution is 5.92. The van der Waals surface area contributed by atoms with Crippen molar-refractivity contribution in [2.24, 2.45) is 0 Å². The summed E-state index contributed by atoms with van der Waals surface area (Å²) in [7, 11) is 1.77. The molecule has 0 aliphatic heterocycles. The first-order valence-electron chi connectivity index (χ1n) is 7.81. The van der Waals surface area contributed by atoms with E-state index < -0.39 is 0 Å². The molecule has 0 radical (unpaired) electrons. The molecule has 0 bridgehead atoms. The normalized spacial score (nSPS) is 14.2. The van der Waals surface area contributed by atoms with Crippen LogP contribution in [0.4, 0.5) is 5.69 Å². The molecule has 2 N–H and O–H groups in total. The van der Waals surface area contributed by atoms with Crippen LogP contribution in [0.1, 0.15) is 38.2 Å². The highest BCUT2D eigenvalue weighted by Gasteiger charge is 2.23. The Hall–Kier alpha value is -1.88. The molecule has 1 aromatic carbocycles. The zero-order chi connectivity index (χ0) is 16.1. The standard InChI is InChI=1S/C17H25N3O2/c1-12(2)13-5-4-6-15(9-13)19-17(22)11-20(3)10-16(21)18-14-7-8-14/h4-6,9,12,14H,7-8,10-11H2,1-3H3,(H,18,21)(H,19,22). The van der Waals surface area contributed by atoms with E-state index in [0.29, 0.717) is 12.0 Å². The van der Waals surface area contributed by atoms with E-state index in [9.17, 15) is 9.59 Å². The predicted molar refractivity (Wildman–Crippen MR) is 87.8 cm³/mol. The number of anilines is 1. The van der Waals surface area contributed by atoms with Gasteiger partial charge in [-0.3, -0.25) is 14.5 Å². The number of benzene rings is 1. The fourth-order valence-corrected chi connectivity index (χ4v) is 2.22. The van der Waals surface area contributed by atoms with Crippen molar-refractivity contribution in [2.75, 3.05) is 25.5 Å². The average molecular weight is 303 g/mol. The van der Waals surface area contributed by atoms with Crippen molar-refractivity contribution in [1.29, 1.82) is 0 Å². The number of hydrogen-bond acceptors (Lipinski definition) is 3. The van der Waals surface area contributed by atoms with Crippen LogP contribution in [0.2, 0.25) is 0 Å². The molecule has 0 unspecified atom stereocenters. The molecule has 1 fully saturated rings. The molecule has 120 valence electrons. The summed E-state index contributed by atoms with van der Waals surface area (Å²) in [5.41, 5.74) is 1.99. The third kappa shape index (κ3) is 5.48. The van der Waals surface area contributed by atoms with Gasteiger partial charge in [0.1, 0.15) is 0 Å². The summed E-state index contributed by atoms with van der Waals surface area (Å²) in [5, 5.41) is 5.80. The Morgan fingerprint density at radius 1 is 1.23 bits per heavy atom. The first-order valence-corrected chi connectivity index (χ1v) is 7.81. The molecule has 0 heterocycles. The largest absolute Gasteiger partial charge is 0.352 e. The molecule has 0 saturated heterocycles. The molecule has 5 heteroatoms. The maximum absolute atomic E-state index is 12.0. The molecule has 0 spiro atoms. The molecular formula is C17H25N3O2. The quantitative estimate of drug-likeness (QED) is 0.809. The van der Waals surface area contributed by atoms with Crippen molar-refractivity contribution in [3.63, 3.8) is 0 Å². The van der Waals surface area contributed by atoms with Gasteiger partial charge in [0, 0.05) is 11.7 Å². The smallest absolute Gasteiger partial charge is 0.238 e. The monoisotopic (exact) mass is 303 g/mol. The molecule has 22 heavy (non-hydrogen) atoms. The van der Waals surface area contributed by atoms with Crippen LogP contribution in [0.15, 0.2) is 24.3 Å². The Balaban J connectivity index is 1.78. The van der Waals surface area contributed by atoms with Gasteiger partial charge in [0.15, 0.2) is 0 Å². The zero-order valence-electron chi connectivity index (χ0n) is 13.6. The highest BCUT2D eigenvalue weighted by atomic mass is 16.2. The van der Waals surface area contributed by atoms with Gasteiger partial charge < -0.3 is 10.6 Å². The van der Waals surface area contributed by atoms with Gasteiger partial charge in [-0.2, -0.15) is 0 Å². The van der Waals surface area contributed by atoms with Crippen LogP contribution in [-0.4, -0.2) is 42.9 Å². The maximum Gasteiger partial charge on any atom is 0.238 e. The number of nitrogens with zero attached hydrogens (tertiary/aromatic N) is 1. The fourth-order valence-electron chi connectivity index (χ4n) is 2.22. The lowest BCUT2D eigenvalue weighted by atomic mass is 10.0. The lowest BCUT2D eigenvalue weighted by molar-refractivity contribution is -0.123. The second-order valence-electron chi connectivity index (χ2n) is 6.34. The Labute approximate surface area is 132 Å². The third-order valence-corrected chi connectivity index (χ3v) is 3.61. The van der Waals surface area contributed by atoms with Crippen LogP contribution in [0.5, 0.6) is 0 Å². The SMILES string of the molecule is CC(C)c1cccc(NC(=O)CN(C)CC(=O)NC2CC2)c1. The van der Waals surface area contributed by atoms with Crippen LogP contribution >= 0.6 is 0 Å². The minimum Gasteiger partial charge on any atom is -0.352 e. The van der Waals surface area contributed by atoms with E-state index in [1.54, 1.807) is 11.9 Å². The van der Waals surface area contributed by atoms with E-state index in [1.165, 1.54) is 5.56 Å². The summed E-state index contributed by atoms with van der Waals surface area (Å²) >= 11 is 0. The number of likely N-dealkylation sites (N-methyl/N-ethyl adjacent to an activating group) is 1. The number of amides is 2. The van der Waals surface area contributed by atoms with Crippen LogP contribution in [0.3, 0.4) is 0 Å². The number of nitrogens with one attached hydrogen (secondary N) is 2. The lowest BCUT2D eigenvalue weighted by Crippen LogP contribution is -2.39. The predicted octanol–water partition coefficient (Wildman–Crippen LogP) is 1.96. The van der Waals surface area contributed by atoms with Gasteiger partial charge in [0.2, 0.25) is 11.8 Å². The molecule has 1 aromatic rings. The topological polar surface area (TPSA) is 61.4 Å². The summed E-state index contributed by atoms with van der Waals surface area (Å²) in [4.78, 5) is 25.4. The van der Waals surface area contributed by atoms with E-state index in [1.807, 2.05) is 18.2 Å². The van der Waals surface area contributed by atoms with Gasteiger partial charge in [-0.1, -0.05) is 26.0 Å². The third-order valence-electron chi connectivity index (χ3n) is 3.61. The van der Waals surface area contributed by atoms with Crippen LogP contribution in [0, 0.1) is 0 Å². The molecule has 1 saturated carbocycles. The highest BCUT2D eigenvalue weighted by Crippen LogP contribution is 2.19. The van der Waals surface area contributed by atoms with Gasteiger partial charge in [0.05, 0.1) is 13.1 Å². The van der Waals surface area contributed by atoms with Crippen molar-refractivity contribution in [3.05, 3.63) is 29.8 Å². The molecule has 5 nitrogen and oxygen atoms in total. The molecule has 1 aliphatic carbocycles. The van der Waals surface area contributed by atoms with Gasteiger partial charge in [0.25, 0.3) is 0 Å². The van der Waals surface area contributed by atoms with E-state index in [-0.39, 0.29) is 24.9 Å². The average Bonchev–Trinajstić information content (AvgIpc) is 3.22. The van der Waals surface area contributed by atoms with E-state index >= 15 is 0 Å². The summed E-state index contributed by atoms with van der Waals surface area (Å²) in [6.07, 6.45) is 2.14. The molecule has 0 aromatic heterocycles. The van der Waals surface area contributed by atoms with E-state index in [2.05, 4.69) is 30.5 Å². The van der Waals surface area contributed by atoms with Crippen molar-refractivity contribution in [1.82, 2.24) is 10.2 Å². The molecule has 2 amide bonds. The van der Waals surface area contributed by atoms with Crippen molar-refractivity contribution >= 4 is 17.5 Å². The number of rotatable bonds is 7. The Morgan fingerprint density at radius 2 is 1.91 bits per heavy atom. The first-order chi connectivity index (χ1) is 10.4. The second kappa shape index (κ2) is 7.40. The van der Waals surface area contributed by atoms with Crippen molar-refractivity contribution in [3.8, 4) is 0 Å². The van der Waals surface area contributed by atoms with Crippen LogP contribution < -0.4 is 10.6 Å². The summed E-state index contributed by atoms with van der Waals surface area (Å²) in [6, 6.07) is 8.21. The van der Waals surface area contributed by atoms with E-state index in [0.717, 1.165) is 18.5 Å². The summed E-state index contributed by atoms with van der Waals surface area (Å²) in [5.74, 6) is 0.299. The van der Waals surface area contributed by atoms with Crippen molar-refractivity contribution in [2.45, 2.75) is 38.6 Å². The number of hydrogen-bond donors (Lipinski definition) is 2. The molecule has 0 atom stereocenters. The minimum atomic E-state index is -0.109. The molecular weight excluding hydrogens is 278 g/mol. The minimum absolute atomic E-state index is 0.0143. The summed E-state index contributed by atoms with van der Waals surface area (Å²) < 4.78 is 0. The first kappa shape index (κ1) is 16.5. The van der Waals surface area contributed by atoms with Crippen LogP contribution in [-0.2, 0) is 9.59 Å². The summed E-state index contributed by atoms with van der Waals surface area (Å²) in [6.45, 7) is 4.68. The van der Waals surface area contributed by atoms with Gasteiger partial charge in [-0.05, 0) is 43.5 Å². The second-order valence-corrected chi connectivity index (χ2v) is 6.34. The van der Waals surface area contributed by atoms with Crippen molar-refractivity contribution < 1.29 is 9.59 Å².